The molecule has 13 aromatic rings. The maximum atomic E-state index is 6.99. The second-order valence-corrected chi connectivity index (χ2v) is 22.0. The average molecular weight is 1010 g/mol. The fraction of sp³-hybridized carbons (Fsp3) is 0.0667. The van der Waals surface area contributed by atoms with Crippen LogP contribution in [0.15, 0.2) is 265 Å². The van der Waals surface area contributed by atoms with Gasteiger partial charge in [-0.05, 0) is 176 Å². The average Bonchev–Trinajstić information content (AvgIpc) is 2.71. The summed E-state index contributed by atoms with van der Waals surface area (Å²) in [5, 5.41) is 9.77. The number of ether oxygens (including phenoxy) is 1. The lowest BCUT2D eigenvalue weighted by atomic mass is 9.70. The molecule has 0 saturated carbocycles. The molecule has 1 spiro atoms. The zero-order valence-electron chi connectivity index (χ0n) is 43.6. The van der Waals surface area contributed by atoms with Crippen LogP contribution in [-0.4, -0.2) is 6.10 Å². The molecule has 1 aromatic heterocycles. The summed E-state index contributed by atoms with van der Waals surface area (Å²) >= 11 is 0. The number of benzene rings is 12. The molecule has 12 aromatic carbocycles. The third-order valence-electron chi connectivity index (χ3n) is 17.7. The van der Waals surface area contributed by atoms with Gasteiger partial charge in [0.15, 0.2) is 5.58 Å². The molecule has 2 heterocycles. The molecule has 0 fully saturated rings. The molecule has 0 saturated heterocycles. The molecule has 1 aliphatic heterocycles. The fourth-order valence-electron chi connectivity index (χ4n) is 14.3. The van der Waals surface area contributed by atoms with Crippen molar-refractivity contribution in [1.82, 2.24) is 0 Å². The first-order valence-corrected chi connectivity index (χ1v) is 27.5. The van der Waals surface area contributed by atoms with E-state index in [1.165, 1.54) is 93.5 Å². The predicted octanol–water partition coefficient (Wildman–Crippen LogP) is 19.6. The molecule has 0 radical (unpaired) electrons. The molecule has 0 amide bonds. The maximum absolute atomic E-state index is 6.99. The Hall–Kier alpha value is -9.90. The van der Waals surface area contributed by atoms with Crippen LogP contribution in [-0.2, 0) is 5.41 Å². The smallest absolute Gasteiger partial charge is 0.159 e. The van der Waals surface area contributed by atoms with Crippen LogP contribution in [0.2, 0.25) is 0 Å². The second-order valence-electron chi connectivity index (χ2n) is 22.0. The summed E-state index contributed by atoms with van der Waals surface area (Å²) in [6.45, 7) is 4.32. The Kier molecular flexibility index (Phi) is 9.27. The number of nitrogens with zero attached hydrogens (tertiary/aromatic N) is 2. The SMILES string of the molecule is Cc1ccc(N(C2=CC=CC3c4ccccc4OC23)c2ccc3c(c2)C2(c4ccccc4-c4cc5c6ccccc6c6ccccc6c5cc42)c2cc(N(c4ccc(C)cc4)c4cccc5c4oc4ccccc45)ccc2-3)cc1. The van der Waals surface area contributed by atoms with Gasteiger partial charge in [0.1, 0.15) is 17.4 Å². The first-order valence-electron chi connectivity index (χ1n) is 27.5. The molecule has 4 heteroatoms. The Morgan fingerprint density at radius 2 is 0.924 bits per heavy atom. The highest BCUT2D eigenvalue weighted by Gasteiger charge is 2.53. The van der Waals surface area contributed by atoms with E-state index < -0.39 is 5.41 Å². The van der Waals surface area contributed by atoms with Crippen LogP contribution in [0.25, 0.3) is 76.5 Å². The number of hydrogen-bond acceptors (Lipinski definition) is 4. The lowest BCUT2D eigenvalue weighted by Gasteiger charge is -2.36. The van der Waals surface area contributed by atoms with Gasteiger partial charge in [0, 0.05) is 45.0 Å². The first-order chi connectivity index (χ1) is 39.0. The summed E-state index contributed by atoms with van der Waals surface area (Å²) in [6.07, 6.45) is 6.58. The van der Waals surface area contributed by atoms with E-state index in [1.807, 2.05) is 0 Å². The minimum Gasteiger partial charge on any atom is -0.483 e. The van der Waals surface area contributed by atoms with Crippen molar-refractivity contribution < 1.29 is 9.15 Å². The largest absolute Gasteiger partial charge is 0.483 e. The standard InChI is InChI=1S/C75H50N2O2/c1-45-29-33-47(34-30-45)76(69-25-13-22-60-58-20-8-11-27-71(58)78-73(60)69)49-37-39-56-57-40-38-50(77(48-35-31-46(2)32-36-48)70-26-14-23-61-59-21-9-12-28-72(59)79-74(61)70)42-67(57)75(66(56)41-49)65-24-10-7-19-55(65)64-43-62-53-17-5-3-15-51(53)52-16-4-6-18-54(52)63(62)44-68(64)75/h3-44,60,73H,1-2H3. The topological polar surface area (TPSA) is 28.9 Å². The molecule has 3 aliphatic carbocycles. The van der Waals surface area contributed by atoms with Gasteiger partial charge in [0.25, 0.3) is 0 Å². The van der Waals surface area contributed by atoms with E-state index in [2.05, 4.69) is 278 Å². The third-order valence-corrected chi connectivity index (χ3v) is 17.7. The predicted molar refractivity (Wildman–Crippen MR) is 326 cm³/mol. The van der Waals surface area contributed by atoms with E-state index in [4.69, 9.17) is 9.15 Å². The van der Waals surface area contributed by atoms with Gasteiger partial charge in [0.05, 0.1) is 16.8 Å². The molecule has 79 heavy (non-hydrogen) atoms. The number of fused-ring (bicyclic) bond motifs is 22. The molecule has 372 valence electrons. The number of hydrogen-bond donors (Lipinski definition) is 0. The van der Waals surface area contributed by atoms with Crippen LogP contribution in [0.3, 0.4) is 0 Å². The van der Waals surface area contributed by atoms with E-state index in [0.717, 1.165) is 61.8 Å². The van der Waals surface area contributed by atoms with Crippen molar-refractivity contribution in [2.75, 3.05) is 9.80 Å². The molecule has 17 rings (SSSR count). The Labute approximate surface area is 458 Å². The van der Waals surface area contributed by atoms with Crippen LogP contribution in [0, 0.1) is 13.8 Å². The Bertz CT molecular complexity index is 4810. The van der Waals surface area contributed by atoms with E-state index in [1.54, 1.807) is 0 Å². The van der Waals surface area contributed by atoms with Crippen molar-refractivity contribution in [2.24, 2.45) is 0 Å². The number of rotatable bonds is 6. The van der Waals surface area contributed by atoms with Crippen molar-refractivity contribution in [3.05, 3.63) is 299 Å². The third kappa shape index (κ3) is 6.20. The van der Waals surface area contributed by atoms with Gasteiger partial charge < -0.3 is 19.0 Å². The molecular formula is C75H50N2O2. The minimum atomic E-state index is -0.740. The lowest BCUT2D eigenvalue weighted by molar-refractivity contribution is 0.253. The number of allylic oxidation sites excluding steroid dienone is 2. The zero-order chi connectivity index (χ0) is 52.1. The first kappa shape index (κ1) is 44.2. The molecule has 0 N–H and O–H groups in total. The van der Waals surface area contributed by atoms with Gasteiger partial charge in [-0.3, -0.25) is 0 Å². The van der Waals surface area contributed by atoms with Crippen molar-refractivity contribution in [3.63, 3.8) is 0 Å². The molecule has 4 nitrogen and oxygen atoms in total. The fourth-order valence-corrected chi connectivity index (χ4v) is 14.3. The van der Waals surface area contributed by atoms with Crippen molar-refractivity contribution in [3.8, 4) is 28.0 Å². The highest BCUT2D eigenvalue weighted by molar-refractivity contribution is 6.26. The number of anilines is 5. The number of para-hydroxylation sites is 3. The van der Waals surface area contributed by atoms with Crippen LogP contribution in [0.5, 0.6) is 5.75 Å². The number of furan rings is 1. The summed E-state index contributed by atoms with van der Waals surface area (Å²) in [5.41, 5.74) is 21.0. The summed E-state index contributed by atoms with van der Waals surface area (Å²) in [6, 6.07) is 88.1. The van der Waals surface area contributed by atoms with Gasteiger partial charge in [-0.15, -0.1) is 0 Å². The summed E-state index contributed by atoms with van der Waals surface area (Å²) in [4.78, 5) is 4.87. The molecule has 0 bridgehead atoms. The van der Waals surface area contributed by atoms with Gasteiger partial charge >= 0.3 is 0 Å². The summed E-state index contributed by atoms with van der Waals surface area (Å²) in [7, 11) is 0. The summed E-state index contributed by atoms with van der Waals surface area (Å²) in [5.74, 6) is 1.03. The lowest BCUT2D eigenvalue weighted by Crippen LogP contribution is -2.33. The van der Waals surface area contributed by atoms with E-state index >= 15 is 0 Å². The maximum Gasteiger partial charge on any atom is 0.159 e. The van der Waals surface area contributed by atoms with Crippen LogP contribution in [0.4, 0.5) is 28.4 Å². The van der Waals surface area contributed by atoms with Crippen molar-refractivity contribution in [2.45, 2.75) is 31.3 Å². The van der Waals surface area contributed by atoms with E-state index in [9.17, 15) is 0 Å². The van der Waals surface area contributed by atoms with Crippen LogP contribution < -0.4 is 14.5 Å². The van der Waals surface area contributed by atoms with Gasteiger partial charge in [-0.2, -0.15) is 0 Å². The molecule has 4 aliphatic rings. The van der Waals surface area contributed by atoms with Crippen LogP contribution in [0.1, 0.15) is 44.9 Å². The van der Waals surface area contributed by atoms with Crippen molar-refractivity contribution >= 4 is 82.7 Å². The normalized spacial score (nSPS) is 17.2. The van der Waals surface area contributed by atoms with Gasteiger partial charge in [-0.25, -0.2) is 0 Å². The Morgan fingerprint density at radius 3 is 1.63 bits per heavy atom. The monoisotopic (exact) mass is 1010 g/mol. The quantitative estimate of drug-likeness (QED) is 0.155. The summed E-state index contributed by atoms with van der Waals surface area (Å²) < 4.78 is 13.9. The van der Waals surface area contributed by atoms with Gasteiger partial charge in [-0.1, -0.05) is 181 Å². The molecule has 3 atom stereocenters. The second kappa shape index (κ2) is 16.6. The Balaban J connectivity index is 0.961. The highest BCUT2D eigenvalue weighted by Crippen LogP contribution is 2.65. The molecular weight excluding hydrogens is 961 g/mol. The van der Waals surface area contributed by atoms with Crippen LogP contribution >= 0.6 is 0 Å². The van der Waals surface area contributed by atoms with E-state index in [-0.39, 0.29) is 12.0 Å². The number of aryl methyl sites for hydroxylation is 2. The highest BCUT2D eigenvalue weighted by atomic mass is 16.5. The van der Waals surface area contributed by atoms with Crippen molar-refractivity contribution in [1.29, 1.82) is 0 Å². The van der Waals surface area contributed by atoms with Gasteiger partial charge in [0.2, 0.25) is 0 Å². The minimum absolute atomic E-state index is 0.0854. The molecule has 3 unspecified atom stereocenters. The zero-order valence-corrected chi connectivity index (χ0v) is 43.6. The van der Waals surface area contributed by atoms with E-state index in [0.29, 0.717) is 0 Å². The Morgan fingerprint density at radius 1 is 0.392 bits per heavy atom.